The van der Waals surface area contributed by atoms with Crippen molar-refractivity contribution in [1.29, 1.82) is 0 Å². The van der Waals surface area contributed by atoms with Gasteiger partial charge in [0.15, 0.2) is 0 Å². The van der Waals surface area contributed by atoms with E-state index in [2.05, 4.69) is 39.9 Å². The quantitative estimate of drug-likeness (QED) is 0.823. The molecule has 0 aliphatic rings. The number of nitrogens with one attached hydrogen (secondary N) is 1. The highest BCUT2D eigenvalue weighted by molar-refractivity contribution is 5.21. The molecule has 1 aromatic rings. The van der Waals surface area contributed by atoms with Crippen molar-refractivity contribution in [2.24, 2.45) is 5.41 Å². The number of halogens is 1. The first kappa shape index (κ1) is 14.2. The monoisotopic (exact) mass is 237 g/mol. The molecule has 0 radical (unpaired) electrons. The van der Waals surface area contributed by atoms with E-state index in [-0.39, 0.29) is 17.3 Å². The number of hydrogen-bond acceptors (Lipinski definition) is 1. The summed E-state index contributed by atoms with van der Waals surface area (Å²) in [6.45, 7) is 10.8. The SMILES string of the molecule is CCC(NC(C)C(C)(C)C)c1ccccc1F. The lowest BCUT2D eigenvalue weighted by atomic mass is 9.87. The zero-order valence-electron chi connectivity index (χ0n) is 11.5. The van der Waals surface area contributed by atoms with E-state index < -0.39 is 0 Å². The maximum atomic E-state index is 13.7. The first-order valence-electron chi connectivity index (χ1n) is 6.36. The fraction of sp³-hybridized carbons (Fsp3) is 0.600. The van der Waals surface area contributed by atoms with Crippen molar-refractivity contribution in [3.05, 3.63) is 35.6 Å². The van der Waals surface area contributed by atoms with Gasteiger partial charge in [0.2, 0.25) is 0 Å². The molecular formula is C15H24FN. The molecule has 0 saturated carbocycles. The molecule has 2 atom stereocenters. The van der Waals surface area contributed by atoms with Gasteiger partial charge in [-0.05, 0) is 24.8 Å². The topological polar surface area (TPSA) is 12.0 Å². The van der Waals surface area contributed by atoms with Gasteiger partial charge < -0.3 is 5.32 Å². The van der Waals surface area contributed by atoms with Crippen LogP contribution in [-0.2, 0) is 0 Å². The van der Waals surface area contributed by atoms with Gasteiger partial charge in [-0.3, -0.25) is 0 Å². The molecule has 0 aromatic heterocycles. The third-order valence-corrected chi connectivity index (χ3v) is 3.44. The molecule has 96 valence electrons. The summed E-state index contributed by atoms with van der Waals surface area (Å²) < 4.78 is 13.7. The van der Waals surface area contributed by atoms with Crippen molar-refractivity contribution in [1.82, 2.24) is 5.32 Å². The van der Waals surface area contributed by atoms with Gasteiger partial charge in [0.05, 0.1) is 0 Å². The summed E-state index contributed by atoms with van der Waals surface area (Å²) in [5.74, 6) is -0.118. The summed E-state index contributed by atoms with van der Waals surface area (Å²) in [6.07, 6.45) is 0.890. The van der Waals surface area contributed by atoms with Crippen LogP contribution in [0, 0.1) is 11.2 Å². The minimum absolute atomic E-state index is 0.0884. The van der Waals surface area contributed by atoms with E-state index in [1.807, 2.05) is 12.1 Å². The zero-order valence-corrected chi connectivity index (χ0v) is 11.5. The van der Waals surface area contributed by atoms with Gasteiger partial charge in [-0.25, -0.2) is 4.39 Å². The van der Waals surface area contributed by atoms with Crippen molar-refractivity contribution in [3.8, 4) is 0 Å². The third kappa shape index (κ3) is 3.81. The van der Waals surface area contributed by atoms with Crippen LogP contribution in [0.1, 0.15) is 52.6 Å². The summed E-state index contributed by atoms with van der Waals surface area (Å²) in [5.41, 5.74) is 0.949. The molecule has 0 amide bonds. The first-order chi connectivity index (χ1) is 7.86. The summed E-state index contributed by atoms with van der Waals surface area (Å²) in [5, 5.41) is 3.52. The molecule has 0 aliphatic heterocycles. The number of hydrogen-bond donors (Lipinski definition) is 1. The molecule has 1 rings (SSSR count). The van der Waals surface area contributed by atoms with Gasteiger partial charge >= 0.3 is 0 Å². The molecule has 0 aliphatic carbocycles. The Morgan fingerprint density at radius 2 is 1.82 bits per heavy atom. The Morgan fingerprint density at radius 1 is 1.24 bits per heavy atom. The third-order valence-electron chi connectivity index (χ3n) is 3.44. The largest absolute Gasteiger partial charge is 0.307 e. The van der Waals surface area contributed by atoms with Crippen molar-refractivity contribution >= 4 is 0 Å². The average Bonchev–Trinajstić information content (AvgIpc) is 2.25. The van der Waals surface area contributed by atoms with Gasteiger partial charge in [-0.1, -0.05) is 45.9 Å². The molecule has 0 bridgehead atoms. The van der Waals surface area contributed by atoms with E-state index in [1.54, 1.807) is 6.07 Å². The van der Waals surface area contributed by atoms with Crippen molar-refractivity contribution in [2.45, 2.75) is 53.1 Å². The lowest BCUT2D eigenvalue weighted by molar-refractivity contribution is 0.258. The molecule has 0 heterocycles. The number of rotatable bonds is 4. The summed E-state index contributed by atoms with van der Waals surface area (Å²) >= 11 is 0. The summed E-state index contributed by atoms with van der Waals surface area (Å²) in [6, 6.07) is 7.45. The minimum atomic E-state index is -0.118. The smallest absolute Gasteiger partial charge is 0.127 e. The molecule has 1 aromatic carbocycles. The van der Waals surface area contributed by atoms with E-state index in [0.29, 0.717) is 6.04 Å². The highest BCUT2D eigenvalue weighted by Crippen LogP contribution is 2.25. The maximum Gasteiger partial charge on any atom is 0.127 e. The highest BCUT2D eigenvalue weighted by atomic mass is 19.1. The average molecular weight is 237 g/mol. The zero-order chi connectivity index (χ0) is 13.1. The van der Waals surface area contributed by atoms with Gasteiger partial charge in [-0.2, -0.15) is 0 Å². The van der Waals surface area contributed by atoms with Crippen LogP contribution in [0.2, 0.25) is 0 Å². The van der Waals surface area contributed by atoms with E-state index in [0.717, 1.165) is 12.0 Å². The molecule has 1 N–H and O–H groups in total. The van der Waals surface area contributed by atoms with Crippen LogP contribution < -0.4 is 5.32 Å². The molecule has 0 saturated heterocycles. The van der Waals surface area contributed by atoms with Crippen LogP contribution in [0.4, 0.5) is 4.39 Å². The van der Waals surface area contributed by atoms with Gasteiger partial charge in [0.25, 0.3) is 0 Å². The highest BCUT2D eigenvalue weighted by Gasteiger charge is 2.23. The fourth-order valence-corrected chi connectivity index (χ4v) is 1.74. The van der Waals surface area contributed by atoms with E-state index in [4.69, 9.17) is 0 Å². The Balaban J connectivity index is 2.83. The predicted octanol–water partition coefficient (Wildman–Crippen LogP) is 4.30. The lowest BCUT2D eigenvalue weighted by Crippen LogP contribution is -2.40. The Bertz CT molecular complexity index is 354. The second kappa shape index (κ2) is 5.63. The van der Waals surface area contributed by atoms with Crippen LogP contribution in [-0.4, -0.2) is 6.04 Å². The Hall–Kier alpha value is -0.890. The molecule has 2 unspecified atom stereocenters. The van der Waals surface area contributed by atoms with E-state index >= 15 is 0 Å². The Kier molecular flexibility index (Phi) is 4.70. The molecule has 17 heavy (non-hydrogen) atoms. The molecule has 2 heteroatoms. The van der Waals surface area contributed by atoms with Crippen LogP contribution in [0.5, 0.6) is 0 Å². The van der Waals surface area contributed by atoms with Gasteiger partial charge in [0, 0.05) is 17.6 Å². The van der Waals surface area contributed by atoms with Gasteiger partial charge in [-0.15, -0.1) is 0 Å². The van der Waals surface area contributed by atoms with Crippen LogP contribution in [0.15, 0.2) is 24.3 Å². The second-order valence-electron chi connectivity index (χ2n) is 5.74. The normalized spacial score (nSPS) is 15.6. The molecule has 0 fully saturated rings. The van der Waals surface area contributed by atoms with E-state index in [9.17, 15) is 4.39 Å². The van der Waals surface area contributed by atoms with Crippen molar-refractivity contribution < 1.29 is 4.39 Å². The summed E-state index contributed by atoms with van der Waals surface area (Å²) in [4.78, 5) is 0. The Labute approximate surface area is 104 Å². The maximum absolute atomic E-state index is 13.7. The Morgan fingerprint density at radius 3 is 2.29 bits per heavy atom. The summed E-state index contributed by atoms with van der Waals surface area (Å²) in [7, 11) is 0. The van der Waals surface area contributed by atoms with Crippen LogP contribution in [0.3, 0.4) is 0 Å². The fourth-order valence-electron chi connectivity index (χ4n) is 1.74. The molecule has 0 spiro atoms. The predicted molar refractivity (Wildman–Crippen MR) is 71.5 cm³/mol. The molecule has 1 nitrogen and oxygen atoms in total. The first-order valence-corrected chi connectivity index (χ1v) is 6.36. The lowest BCUT2D eigenvalue weighted by Gasteiger charge is -2.32. The second-order valence-corrected chi connectivity index (χ2v) is 5.74. The standard InChI is InChI=1S/C15H24FN/c1-6-14(17-11(2)15(3,4)5)12-9-7-8-10-13(12)16/h7-11,14,17H,6H2,1-5H3. The minimum Gasteiger partial charge on any atom is -0.307 e. The van der Waals surface area contributed by atoms with Crippen molar-refractivity contribution in [2.75, 3.05) is 0 Å². The van der Waals surface area contributed by atoms with Crippen LogP contribution in [0.25, 0.3) is 0 Å². The van der Waals surface area contributed by atoms with Crippen LogP contribution >= 0.6 is 0 Å². The van der Waals surface area contributed by atoms with E-state index in [1.165, 1.54) is 6.07 Å². The number of benzene rings is 1. The molecular weight excluding hydrogens is 213 g/mol. The van der Waals surface area contributed by atoms with Crippen molar-refractivity contribution in [3.63, 3.8) is 0 Å². The van der Waals surface area contributed by atoms with Gasteiger partial charge in [0.1, 0.15) is 5.82 Å².